The smallest absolute Gasteiger partial charge is 0.417 e. The second-order valence-corrected chi connectivity index (χ2v) is 8.44. The first-order chi connectivity index (χ1) is 15.6. The minimum absolute atomic E-state index is 0.160. The molecule has 1 aliphatic carbocycles. The molecule has 1 N–H and O–H groups in total. The average molecular weight is 481 g/mol. The van der Waals surface area contributed by atoms with Gasteiger partial charge in [0, 0.05) is 19.5 Å². The number of amides is 1. The van der Waals surface area contributed by atoms with Crippen LogP contribution >= 0.6 is 11.6 Å². The number of benzene rings is 1. The second-order valence-electron chi connectivity index (χ2n) is 8.03. The molecule has 1 heterocycles. The summed E-state index contributed by atoms with van der Waals surface area (Å²) in [4.78, 5) is 27.9. The highest BCUT2D eigenvalue weighted by atomic mass is 35.5. The number of carbonyl (C=O) groups is 2. The molecule has 1 aromatic carbocycles. The first-order valence-electron chi connectivity index (χ1n) is 10.6. The summed E-state index contributed by atoms with van der Waals surface area (Å²) >= 11 is 5.86. The van der Waals surface area contributed by atoms with Gasteiger partial charge in [-0.15, -0.1) is 0 Å². The van der Waals surface area contributed by atoms with Crippen molar-refractivity contribution in [1.82, 2.24) is 10.3 Å². The number of nitrogens with zero attached hydrogens (tertiary/aromatic N) is 1. The Morgan fingerprint density at radius 3 is 2.45 bits per heavy atom. The fourth-order valence-corrected chi connectivity index (χ4v) is 3.84. The lowest BCUT2D eigenvalue weighted by Gasteiger charge is -2.11. The van der Waals surface area contributed by atoms with E-state index in [1.165, 1.54) is 19.8 Å². The van der Waals surface area contributed by atoms with Gasteiger partial charge in [0.05, 0.1) is 11.3 Å². The van der Waals surface area contributed by atoms with E-state index in [4.69, 9.17) is 16.3 Å². The van der Waals surface area contributed by atoms with E-state index >= 15 is 0 Å². The Bertz CT molecular complexity index is 1030. The van der Waals surface area contributed by atoms with Gasteiger partial charge in [-0.1, -0.05) is 49.4 Å². The first-order valence-corrected chi connectivity index (χ1v) is 11.0. The molecule has 0 atom stereocenters. The molecule has 5 nitrogen and oxygen atoms in total. The van der Waals surface area contributed by atoms with Crippen LogP contribution in [0.1, 0.15) is 56.6 Å². The molecule has 1 aliphatic rings. The summed E-state index contributed by atoms with van der Waals surface area (Å²) in [6, 6.07) is 7.14. The molecule has 1 saturated carbocycles. The van der Waals surface area contributed by atoms with E-state index in [1.807, 2.05) is 0 Å². The topological polar surface area (TPSA) is 68.3 Å². The molecule has 33 heavy (non-hydrogen) atoms. The Morgan fingerprint density at radius 2 is 1.88 bits per heavy atom. The highest BCUT2D eigenvalue weighted by Crippen LogP contribution is 2.34. The summed E-state index contributed by atoms with van der Waals surface area (Å²) < 4.78 is 43.6. The van der Waals surface area contributed by atoms with Crippen LogP contribution in [-0.2, 0) is 15.8 Å². The van der Waals surface area contributed by atoms with Gasteiger partial charge in [-0.3, -0.25) is 9.59 Å². The highest BCUT2D eigenvalue weighted by Gasteiger charge is 2.31. The van der Waals surface area contributed by atoms with Crippen LogP contribution in [0.4, 0.5) is 13.2 Å². The number of ketones is 1. The molecule has 3 rings (SSSR count). The van der Waals surface area contributed by atoms with Crippen LogP contribution in [0.15, 0.2) is 42.2 Å². The maximum atomic E-state index is 12.7. The molecule has 1 amide bonds. The predicted octanol–water partition coefficient (Wildman–Crippen LogP) is 6.56. The quantitative estimate of drug-likeness (QED) is 0.434. The van der Waals surface area contributed by atoms with E-state index in [-0.39, 0.29) is 28.3 Å². The number of alkyl halides is 3. The minimum Gasteiger partial charge on any atom is -0.438 e. The van der Waals surface area contributed by atoms with E-state index in [0.717, 1.165) is 25.3 Å². The number of Topliss-reactive ketones (excluding diaryl/α,β-unsaturated/α-hetero) is 1. The Hall–Kier alpha value is -2.87. The van der Waals surface area contributed by atoms with Crippen LogP contribution in [0.3, 0.4) is 0 Å². The summed E-state index contributed by atoms with van der Waals surface area (Å²) in [6.07, 6.45) is 3.60. The van der Waals surface area contributed by atoms with Gasteiger partial charge in [-0.2, -0.15) is 13.2 Å². The van der Waals surface area contributed by atoms with E-state index in [0.29, 0.717) is 29.8 Å². The van der Waals surface area contributed by atoms with Gasteiger partial charge < -0.3 is 10.1 Å². The summed E-state index contributed by atoms with van der Waals surface area (Å²) in [5.41, 5.74) is -0.148. The summed E-state index contributed by atoms with van der Waals surface area (Å²) in [5, 5.41) is 2.42. The third-order valence-corrected chi connectivity index (χ3v) is 5.72. The number of aromatic nitrogens is 1. The van der Waals surface area contributed by atoms with E-state index in [9.17, 15) is 22.8 Å². The molecule has 1 aromatic heterocycles. The zero-order valence-corrected chi connectivity index (χ0v) is 18.8. The molecule has 0 radical (unpaired) electrons. The summed E-state index contributed by atoms with van der Waals surface area (Å²) in [5.74, 6) is 0.260. The van der Waals surface area contributed by atoms with Gasteiger partial charge in [0.25, 0.3) is 0 Å². The number of halogens is 4. The van der Waals surface area contributed by atoms with E-state index < -0.39 is 11.7 Å². The van der Waals surface area contributed by atoms with E-state index in [2.05, 4.69) is 10.3 Å². The largest absolute Gasteiger partial charge is 0.438 e. The van der Waals surface area contributed by atoms with Crippen molar-refractivity contribution in [2.24, 2.45) is 5.92 Å². The molecule has 9 heteroatoms. The lowest BCUT2D eigenvalue weighted by atomic mass is 10.0. The third-order valence-electron chi connectivity index (χ3n) is 5.45. The third kappa shape index (κ3) is 7.32. The Morgan fingerprint density at radius 1 is 1.21 bits per heavy atom. The molecular weight excluding hydrogens is 457 g/mol. The number of nitrogens with one attached hydrogen (secondary N) is 1. The lowest BCUT2D eigenvalue weighted by molar-refractivity contribution is -0.137. The van der Waals surface area contributed by atoms with Crippen LogP contribution in [0.25, 0.3) is 6.08 Å². The zero-order valence-electron chi connectivity index (χ0n) is 18.0. The van der Waals surface area contributed by atoms with Crippen LogP contribution in [-0.4, -0.2) is 16.7 Å². The molecule has 1 fully saturated rings. The zero-order chi connectivity index (χ0) is 24.0. The number of allylic oxidation sites excluding steroid dienone is 1. The van der Waals surface area contributed by atoms with Crippen LogP contribution < -0.4 is 10.1 Å². The standard InChI is InChI=1S/C24H24ClF3N2O3/c1-15(31)21(30-22(32)11-8-16-4-2-3-5-16)12-17-6-9-19(10-7-17)33-23-20(25)13-18(14-29-23)24(26,27)28/h6-7,9-10,12-14,16H,2-5,8,11H2,1H3,(H,30,32)/b21-12-. The number of hydrogen-bond donors (Lipinski definition) is 1. The number of pyridine rings is 1. The second kappa shape index (κ2) is 10.8. The molecular formula is C24H24ClF3N2O3. The fraction of sp³-hybridized carbons (Fsp3) is 0.375. The highest BCUT2D eigenvalue weighted by molar-refractivity contribution is 6.31. The van der Waals surface area contributed by atoms with Crippen molar-refractivity contribution in [3.8, 4) is 11.6 Å². The maximum absolute atomic E-state index is 12.7. The van der Waals surface area contributed by atoms with Gasteiger partial charge >= 0.3 is 6.18 Å². The minimum atomic E-state index is -4.55. The number of rotatable bonds is 8. The van der Waals surface area contributed by atoms with Crippen molar-refractivity contribution in [2.45, 2.75) is 51.6 Å². The normalized spacial score (nSPS) is 14.9. The SMILES string of the molecule is CC(=O)/C(=C/c1ccc(Oc2ncc(C(F)(F)F)cc2Cl)cc1)NC(=O)CCC1CCCC1. The Kier molecular flexibility index (Phi) is 8.13. The lowest BCUT2D eigenvalue weighted by Crippen LogP contribution is -2.26. The number of hydrogen-bond acceptors (Lipinski definition) is 4. The van der Waals surface area contributed by atoms with Crippen molar-refractivity contribution in [3.63, 3.8) is 0 Å². The molecule has 176 valence electrons. The van der Waals surface area contributed by atoms with Gasteiger partial charge in [-0.25, -0.2) is 4.98 Å². The molecule has 0 aliphatic heterocycles. The average Bonchev–Trinajstić information content (AvgIpc) is 3.27. The molecule has 0 saturated heterocycles. The van der Waals surface area contributed by atoms with Gasteiger partial charge in [-0.05, 0) is 42.2 Å². The molecule has 2 aromatic rings. The van der Waals surface area contributed by atoms with Crippen molar-refractivity contribution < 1.29 is 27.5 Å². The van der Waals surface area contributed by atoms with Crippen molar-refractivity contribution in [3.05, 3.63) is 58.4 Å². The van der Waals surface area contributed by atoms with Crippen LogP contribution in [0.2, 0.25) is 5.02 Å². The van der Waals surface area contributed by atoms with Gasteiger partial charge in [0.15, 0.2) is 5.78 Å². The van der Waals surface area contributed by atoms with Crippen LogP contribution in [0.5, 0.6) is 11.6 Å². The maximum Gasteiger partial charge on any atom is 0.417 e. The van der Waals surface area contributed by atoms with Crippen molar-refractivity contribution in [2.75, 3.05) is 0 Å². The predicted molar refractivity (Wildman–Crippen MR) is 119 cm³/mol. The van der Waals surface area contributed by atoms with Gasteiger partial charge in [0.2, 0.25) is 11.8 Å². The monoisotopic (exact) mass is 480 g/mol. The first kappa shape index (κ1) is 24.8. The molecule has 0 unspecified atom stereocenters. The van der Waals surface area contributed by atoms with Crippen molar-refractivity contribution in [1.29, 1.82) is 0 Å². The summed E-state index contributed by atoms with van der Waals surface area (Å²) in [6.45, 7) is 1.37. The van der Waals surface area contributed by atoms with Gasteiger partial charge in [0.1, 0.15) is 10.8 Å². The molecule has 0 bridgehead atoms. The van der Waals surface area contributed by atoms with Crippen molar-refractivity contribution >= 4 is 29.4 Å². The Labute approximate surface area is 195 Å². The molecule has 0 spiro atoms. The Balaban J connectivity index is 1.63. The number of carbonyl (C=O) groups excluding carboxylic acids is 2. The van der Waals surface area contributed by atoms with E-state index in [1.54, 1.807) is 30.3 Å². The van der Waals surface area contributed by atoms with Crippen LogP contribution in [0, 0.1) is 5.92 Å². The summed E-state index contributed by atoms with van der Waals surface area (Å²) in [7, 11) is 0. The number of ether oxygens (including phenoxy) is 1. The fourth-order valence-electron chi connectivity index (χ4n) is 3.64.